The third-order valence-electron chi connectivity index (χ3n) is 3.43. The first-order chi connectivity index (χ1) is 9.73. The lowest BCUT2D eigenvalue weighted by atomic mass is 10.2. The number of hydrogen-bond donors (Lipinski definition) is 1. The Balaban J connectivity index is 2.15. The van der Waals surface area contributed by atoms with E-state index in [4.69, 9.17) is 4.74 Å². The molecule has 0 radical (unpaired) electrons. The zero-order valence-corrected chi connectivity index (χ0v) is 14.2. The van der Waals surface area contributed by atoms with Gasteiger partial charge in [-0.1, -0.05) is 13.8 Å². The molecular formula is C13H20N2O4S2. The van der Waals surface area contributed by atoms with Crippen molar-refractivity contribution in [2.45, 2.75) is 38.8 Å². The van der Waals surface area contributed by atoms with Crippen LogP contribution in [0.5, 0.6) is 0 Å². The minimum atomic E-state index is -3.15. The molecule has 1 aliphatic heterocycles. The average Bonchev–Trinajstić information content (AvgIpc) is 2.89. The minimum Gasteiger partial charge on any atom is -0.378 e. The Hall–Kier alpha value is -0.990. The molecule has 8 heteroatoms. The van der Waals surface area contributed by atoms with E-state index in [-0.39, 0.29) is 23.3 Å². The summed E-state index contributed by atoms with van der Waals surface area (Å²) in [5.74, 6) is -0.144. The van der Waals surface area contributed by atoms with Crippen LogP contribution in [0, 0.1) is 6.92 Å². The molecule has 1 saturated heterocycles. The smallest absolute Gasteiger partial charge is 0.263 e. The highest BCUT2D eigenvalue weighted by Gasteiger charge is 2.39. The second-order valence-electron chi connectivity index (χ2n) is 5.55. The SMILES string of the molecule is COC1CS(=O)(=O)CC1NC(=O)c1sc(C(C)C)nc1C. The predicted octanol–water partition coefficient (Wildman–Crippen LogP) is 1.12. The number of thiazole rings is 1. The number of amides is 1. The van der Waals surface area contributed by atoms with Crippen LogP contribution in [0.25, 0.3) is 0 Å². The molecule has 0 aliphatic carbocycles. The number of nitrogens with one attached hydrogen (secondary N) is 1. The van der Waals surface area contributed by atoms with E-state index in [1.807, 2.05) is 13.8 Å². The minimum absolute atomic E-state index is 0.0483. The molecule has 2 heterocycles. The largest absolute Gasteiger partial charge is 0.378 e. The summed E-state index contributed by atoms with van der Waals surface area (Å²) in [4.78, 5) is 17.3. The van der Waals surface area contributed by atoms with Gasteiger partial charge in [-0.2, -0.15) is 0 Å². The Morgan fingerprint density at radius 1 is 1.43 bits per heavy atom. The molecule has 2 atom stereocenters. The summed E-state index contributed by atoms with van der Waals surface area (Å²) in [6.07, 6.45) is -0.489. The van der Waals surface area contributed by atoms with E-state index in [1.165, 1.54) is 18.4 Å². The quantitative estimate of drug-likeness (QED) is 0.893. The summed E-state index contributed by atoms with van der Waals surface area (Å²) in [5.41, 5.74) is 0.677. The maximum Gasteiger partial charge on any atom is 0.263 e. The molecule has 6 nitrogen and oxygen atoms in total. The van der Waals surface area contributed by atoms with E-state index in [0.717, 1.165) is 5.01 Å². The molecule has 1 aliphatic rings. The zero-order chi connectivity index (χ0) is 15.8. The van der Waals surface area contributed by atoms with Crippen molar-refractivity contribution in [1.29, 1.82) is 0 Å². The third kappa shape index (κ3) is 3.61. The summed E-state index contributed by atoms with van der Waals surface area (Å²) < 4.78 is 28.5. The Bertz CT molecular complexity index is 637. The Morgan fingerprint density at radius 3 is 2.62 bits per heavy atom. The Labute approximate surface area is 128 Å². The molecule has 1 amide bonds. The van der Waals surface area contributed by atoms with Crippen molar-refractivity contribution in [2.75, 3.05) is 18.6 Å². The van der Waals surface area contributed by atoms with Crippen LogP contribution in [0.15, 0.2) is 0 Å². The molecule has 21 heavy (non-hydrogen) atoms. The van der Waals surface area contributed by atoms with Crippen molar-refractivity contribution in [2.24, 2.45) is 0 Å². The number of carbonyl (C=O) groups is 1. The van der Waals surface area contributed by atoms with Gasteiger partial charge in [-0.3, -0.25) is 4.79 Å². The van der Waals surface area contributed by atoms with Crippen LogP contribution in [0.1, 0.15) is 40.1 Å². The predicted molar refractivity (Wildman–Crippen MR) is 81.6 cm³/mol. The number of carbonyl (C=O) groups excluding carboxylic acids is 1. The van der Waals surface area contributed by atoms with Gasteiger partial charge in [-0.05, 0) is 6.92 Å². The summed E-state index contributed by atoms with van der Waals surface area (Å²) in [7, 11) is -1.70. The molecule has 1 aromatic heterocycles. The van der Waals surface area contributed by atoms with Crippen LogP contribution in [-0.4, -0.2) is 50.1 Å². The molecule has 118 valence electrons. The Morgan fingerprint density at radius 2 is 2.10 bits per heavy atom. The van der Waals surface area contributed by atoms with E-state index in [1.54, 1.807) is 6.92 Å². The molecule has 1 fully saturated rings. The van der Waals surface area contributed by atoms with E-state index in [2.05, 4.69) is 10.3 Å². The zero-order valence-electron chi connectivity index (χ0n) is 12.5. The fourth-order valence-electron chi connectivity index (χ4n) is 2.29. The first-order valence-electron chi connectivity index (χ1n) is 6.75. The fraction of sp³-hybridized carbons (Fsp3) is 0.692. The molecule has 1 N–H and O–H groups in total. The monoisotopic (exact) mass is 332 g/mol. The number of aromatic nitrogens is 1. The maximum atomic E-state index is 12.3. The molecule has 0 spiro atoms. The first kappa shape index (κ1) is 16.4. The Kier molecular flexibility index (Phi) is 4.69. The van der Waals surface area contributed by atoms with Crippen molar-refractivity contribution in [3.8, 4) is 0 Å². The lowest BCUT2D eigenvalue weighted by molar-refractivity contribution is 0.0789. The van der Waals surface area contributed by atoms with Crippen molar-refractivity contribution in [1.82, 2.24) is 10.3 Å². The molecule has 0 bridgehead atoms. The fourth-order valence-corrected chi connectivity index (χ4v) is 5.11. The highest BCUT2D eigenvalue weighted by Crippen LogP contribution is 2.25. The van der Waals surface area contributed by atoms with Gasteiger partial charge in [0.25, 0.3) is 5.91 Å². The summed E-state index contributed by atoms with van der Waals surface area (Å²) in [6.45, 7) is 5.82. The maximum absolute atomic E-state index is 12.3. The van der Waals surface area contributed by atoms with Gasteiger partial charge in [-0.25, -0.2) is 13.4 Å². The van der Waals surface area contributed by atoms with E-state index in [9.17, 15) is 13.2 Å². The highest BCUT2D eigenvalue weighted by atomic mass is 32.2. The van der Waals surface area contributed by atoms with Crippen molar-refractivity contribution < 1.29 is 17.9 Å². The number of aryl methyl sites for hydroxylation is 1. The van der Waals surface area contributed by atoms with Crippen LogP contribution in [0.3, 0.4) is 0 Å². The molecule has 0 aromatic carbocycles. The number of sulfone groups is 1. The van der Waals surface area contributed by atoms with Crippen LogP contribution in [-0.2, 0) is 14.6 Å². The topological polar surface area (TPSA) is 85.4 Å². The number of methoxy groups -OCH3 is 1. The summed E-state index contributed by atoms with van der Waals surface area (Å²) in [5, 5.41) is 3.67. The second kappa shape index (κ2) is 6.02. The molecular weight excluding hydrogens is 312 g/mol. The van der Waals surface area contributed by atoms with Gasteiger partial charge in [-0.15, -0.1) is 11.3 Å². The number of ether oxygens (including phenoxy) is 1. The molecule has 2 unspecified atom stereocenters. The second-order valence-corrected chi connectivity index (χ2v) is 8.74. The lowest BCUT2D eigenvalue weighted by Gasteiger charge is -2.17. The van der Waals surface area contributed by atoms with Gasteiger partial charge in [0.2, 0.25) is 0 Å². The van der Waals surface area contributed by atoms with Gasteiger partial charge < -0.3 is 10.1 Å². The molecule has 2 rings (SSSR count). The summed E-state index contributed by atoms with van der Waals surface area (Å²) >= 11 is 1.35. The normalized spacial score (nSPS) is 24.4. The van der Waals surface area contributed by atoms with Crippen LogP contribution < -0.4 is 5.32 Å². The van der Waals surface area contributed by atoms with Gasteiger partial charge in [0, 0.05) is 13.0 Å². The van der Waals surface area contributed by atoms with Crippen molar-refractivity contribution in [3.63, 3.8) is 0 Å². The van der Waals surface area contributed by atoms with E-state index < -0.39 is 22.0 Å². The van der Waals surface area contributed by atoms with Crippen LogP contribution >= 0.6 is 11.3 Å². The number of rotatable bonds is 4. The number of hydrogen-bond acceptors (Lipinski definition) is 6. The van der Waals surface area contributed by atoms with Crippen LogP contribution in [0.4, 0.5) is 0 Å². The van der Waals surface area contributed by atoms with Gasteiger partial charge in [0.15, 0.2) is 9.84 Å². The first-order valence-corrected chi connectivity index (χ1v) is 9.38. The van der Waals surface area contributed by atoms with Gasteiger partial charge in [0.1, 0.15) is 4.88 Å². The van der Waals surface area contributed by atoms with E-state index in [0.29, 0.717) is 10.6 Å². The van der Waals surface area contributed by atoms with E-state index >= 15 is 0 Å². The average molecular weight is 332 g/mol. The standard InChI is InChI=1S/C13H20N2O4S2/c1-7(2)13-14-8(3)11(20-13)12(16)15-9-5-21(17,18)6-10(9)19-4/h7,9-10H,5-6H2,1-4H3,(H,15,16). The third-order valence-corrected chi connectivity index (χ3v) is 6.59. The number of nitrogens with zero attached hydrogens (tertiary/aromatic N) is 1. The summed E-state index contributed by atoms with van der Waals surface area (Å²) in [6, 6.07) is -0.503. The van der Waals surface area contributed by atoms with Gasteiger partial charge >= 0.3 is 0 Å². The molecule has 0 saturated carbocycles. The highest BCUT2D eigenvalue weighted by molar-refractivity contribution is 7.91. The van der Waals surface area contributed by atoms with Crippen molar-refractivity contribution in [3.05, 3.63) is 15.6 Å². The van der Waals surface area contributed by atoms with Crippen LogP contribution in [0.2, 0.25) is 0 Å². The molecule has 1 aromatic rings. The van der Waals surface area contributed by atoms with Gasteiger partial charge in [0.05, 0.1) is 34.4 Å². The lowest BCUT2D eigenvalue weighted by Crippen LogP contribution is -2.43. The van der Waals surface area contributed by atoms with Crippen molar-refractivity contribution >= 4 is 27.1 Å².